The van der Waals surface area contributed by atoms with E-state index in [-0.39, 0.29) is 17.6 Å². The standard InChI is InChI=1S/C12H15N5O/c1-7(2)17-12(14)11(6-15-17)16-10-4-3-8(18)5-9(10)13/h3-7,14,18H,13H2,1-2H3. The molecule has 0 saturated heterocycles. The normalized spacial score (nSPS) is 17.2. The summed E-state index contributed by atoms with van der Waals surface area (Å²) >= 11 is 0. The van der Waals surface area contributed by atoms with Gasteiger partial charge in [0.2, 0.25) is 0 Å². The van der Waals surface area contributed by atoms with Crippen molar-refractivity contribution in [2.24, 2.45) is 10.1 Å². The van der Waals surface area contributed by atoms with Crippen LogP contribution in [0.4, 0.5) is 11.4 Å². The summed E-state index contributed by atoms with van der Waals surface area (Å²) in [6.07, 6.45) is 1.54. The van der Waals surface area contributed by atoms with Crippen molar-refractivity contribution in [3.8, 4) is 5.75 Å². The molecule has 0 aromatic heterocycles. The largest absolute Gasteiger partial charge is 0.508 e. The molecule has 2 rings (SSSR count). The predicted molar refractivity (Wildman–Crippen MR) is 72.8 cm³/mol. The molecule has 1 heterocycles. The number of rotatable bonds is 2. The second-order valence-electron chi connectivity index (χ2n) is 4.27. The number of hydrogen-bond donors (Lipinski definition) is 3. The first-order valence-corrected chi connectivity index (χ1v) is 5.58. The highest BCUT2D eigenvalue weighted by molar-refractivity contribution is 6.63. The van der Waals surface area contributed by atoms with Crippen LogP contribution in [0, 0.1) is 5.41 Å². The molecule has 0 aliphatic carbocycles. The van der Waals surface area contributed by atoms with Crippen LogP contribution in [0.25, 0.3) is 0 Å². The van der Waals surface area contributed by atoms with Crippen LogP contribution in [0.3, 0.4) is 0 Å². The van der Waals surface area contributed by atoms with Crippen LogP contribution in [0.1, 0.15) is 13.8 Å². The number of hydrogen-bond acceptors (Lipinski definition) is 5. The minimum atomic E-state index is 0.0930. The van der Waals surface area contributed by atoms with Gasteiger partial charge >= 0.3 is 0 Å². The Balaban J connectivity index is 2.31. The van der Waals surface area contributed by atoms with Gasteiger partial charge in [-0.1, -0.05) is 0 Å². The number of nitrogens with two attached hydrogens (primary N) is 1. The van der Waals surface area contributed by atoms with E-state index in [4.69, 9.17) is 11.1 Å². The molecule has 1 aromatic carbocycles. The lowest BCUT2D eigenvalue weighted by atomic mass is 10.2. The maximum absolute atomic E-state index is 9.26. The fraction of sp³-hybridized carbons (Fsp3) is 0.250. The molecule has 0 fully saturated rings. The Morgan fingerprint density at radius 2 is 2.17 bits per heavy atom. The number of nitrogens with zero attached hydrogens (tertiary/aromatic N) is 3. The van der Waals surface area contributed by atoms with E-state index in [0.29, 0.717) is 17.1 Å². The van der Waals surface area contributed by atoms with Crippen molar-refractivity contribution in [1.29, 1.82) is 5.41 Å². The molecule has 6 heteroatoms. The Hall–Kier alpha value is -2.37. The lowest BCUT2D eigenvalue weighted by molar-refractivity contribution is 0.378. The maximum atomic E-state index is 9.26. The zero-order valence-corrected chi connectivity index (χ0v) is 10.3. The molecule has 1 aliphatic heterocycles. The highest BCUT2D eigenvalue weighted by atomic mass is 16.3. The molecular weight excluding hydrogens is 230 g/mol. The number of nitrogen functional groups attached to an aromatic ring is 1. The molecule has 0 bridgehead atoms. The van der Waals surface area contributed by atoms with E-state index in [9.17, 15) is 5.11 Å². The smallest absolute Gasteiger partial charge is 0.169 e. The van der Waals surface area contributed by atoms with E-state index < -0.39 is 0 Å². The van der Waals surface area contributed by atoms with Crippen LogP contribution >= 0.6 is 0 Å². The average molecular weight is 245 g/mol. The van der Waals surface area contributed by atoms with Crippen LogP contribution < -0.4 is 5.73 Å². The summed E-state index contributed by atoms with van der Waals surface area (Å²) in [4.78, 5) is 4.28. The summed E-state index contributed by atoms with van der Waals surface area (Å²) in [5.74, 6) is 0.341. The number of anilines is 1. The molecule has 0 amide bonds. The fourth-order valence-electron chi connectivity index (χ4n) is 1.60. The molecule has 4 N–H and O–H groups in total. The van der Waals surface area contributed by atoms with E-state index in [1.807, 2.05) is 13.8 Å². The minimum absolute atomic E-state index is 0.0930. The number of amidine groups is 1. The topological polar surface area (TPSA) is 98.1 Å². The Morgan fingerprint density at radius 1 is 1.44 bits per heavy atom. The molecule has 0 saturated carbocycles. The highest BCUT2D eigenvalue weighted by Crippen LogP contribution is 2.26. The molecule has 94 valence electrons. The van der Waals surface area contributed by atoms with Gasteiger partial charge in [-0.2, -0.15) is 5.10 Å². The predicted octanol–water partition coefficient (Wildman–Crippen LogP) is 1.73. The third-order valence-corrected chi connectivity index (χ3v) is 2.52. The van der Waals surface area contributed by atoms with Crippen molar-refractivity contribution in [3.63, 3.8) is 0 Å². The molecule has 0 unspecified atom stereocenters. The molecule has 0 spiro atoms. The van der Waals surface area contributed by atoms with Crippen LogP contribution in [-0.4, -0.2) is 33.9 Å². The maximum Gasteiger partial charge on any atom is 0.169 e. The van der Waals surface area contributed by atoms with Crippen molar-refractivity contribution in [2.75, 3.05) is 5.73 Å². The number of nitrogens with one attached hydrogen (secondary N) is 1. The highest BCUT2D eigenvalue weighted by Gasteiger charge is 2.22. The second-order valence-corrected chi connectivity index (χ2v) is 4.27. The zero-order valence-electron chi connectivity index (χ0n) is 10.3. The van der Waals surface area contributed by atoms with Gasteiger partial charge in [0, 0.05) is 12.1 Å². The van der Waals surface area contributed by atoms with Crippen molar-refractivity contribution >= 4 is 29.1 Å². The Bertz CT molecular complexity index is 547. The summed E-state index contributed by atoms with van der Waals surface area (Å²) in [5.41, 5.74) is 7.09. The number of aliphatic imine (C=N–C) groups is 1. The van der Waals surface area contributed by atoms with Gasteiger partial charge < -0.3 is 10.8 Å². The zero-order chi connectivity index (χ0) is 13.3. The summed E-state index contributed by atoms with van der Waals surface area (Å²) < 4.78 is 0. The van der Waals surface area contributed by atoms with E-state index >= 15 is 0 Å². The molecule has 0 radical (unpaired) electrons. The van der Waals surface area contributed by atoms with Crippen LogP contribution in [0.2, 0.25) is 0 Å². The monoisotopic (exact) mass is 245 g/mol. The third-order valence-electron chi connectivity index (χ3n) is 2.52. The second kappa shape index (κ2) is 4.48. The molecular formula is C12H15N5O. The molecule has 1 aromatic rings. The molecule has 0 atom stereocenters. The van der Waals surface area contributed by atoms with Crippen LogP contribution in [0.5, 0.6) is 5.75 Å². The van der Waals surface area contributed by atoms with E-state index in [2.05, 4.69) is 10.1 Å². The Labute approximate surface area is 105 Å². The van der Waals surface area contributed by atoms with Gasteiger partial charge in [0.05, 0.1) is 17.6 Å². The number of aromatic hydroxyl groups is 1. The fourth-order valence-corrected chi connectivity index (χ4v) is 1.60. The quantitative estimate of drug-likeness (QED) is 0.692. The lowest BCUT2D eigenvalue weighted by Crippen LogP contribution is -2.31. The van der Waals surface area contributed by atoms with Gasteiger partial charge in [-0.3, -0.25) is 5.41 Å². The first kappa shape index (κ1) is 12.1. The summed E-state index contributed by atoms with van der Waals surface area (Å²) in [6.45, 7) is 3.90. The molecule has 6 nitrogen and oxygen atoms in total. The van der Waals surface area contributed by atoms with Crippen LogP contribution in [-0.2, 0) is 0 Å². The SMILES string of the molecule is CC(C)N1N=CC(=Nc2ccc(O)cc2N)C1=N. The van der Waals surface area contributed by atoms with Gasteiger partial charge in [-0.05, 0) is 26.0 Å². The van der Waals surface area contributed by atoms with E-state index in [1.54, 1.807) is 11.1 Å². The molecule has 18 heavy (non-hydrogen) atoms. The number of phenolic OH excluding ortho intramolecular Hbond substituents is 1. The molecule has 1 aliphatic rings. The third kappa shape index (κ3) is 2.17. The van der Waals surface area contributed by atoms with Crippen molar-refractivity contribution in [3.05, 3.63) is 18.2 Å². The number of phenols is 1. The first-order valence-electron chi connectivity index (χ1n) is 5.58. The minimum Gasteiger partial charge on any atom is -0.508 e. The van der Waals surface area contributed by atoms with Gasteiger partial charge in [0.25, 0.3) is 0 Å². The summed E-state index contributed by atoms with van der Waals surface area (Å²) in [5, 5.41) is 22.9. The Kier molecular flexibility index (Phi) is 3.01. The van der Waals surface area contributed by atoms with E-state index in [0.717, 1.165) is 0 Å². The van der Waals surface area contributed by atoms with Crippen molar-refractivity contribution in [2.45, 2.75) is 19.9 Å². The van der Waals surface area contributed by atoms with Gasteiger partial charge in [-0.25, -0.2) is 10.0 Å². The van der Waals surface area contributed by atoms with Crippen molar-refractivity contribution < 1.29 is 5.11 Å². The summed E-state index contributed by atoms with van der Waals surface area (Å²) in [7, 11) is 0. The van der Waals surface area contributed by atoms with Gasteiger partial charge in [0.15, 0.2) is 5.84 Å². The number of hydrazone groups is 1. The van der Waals surface area contributed by atoms with Crippen molar-refractivity contribution in [1.82, 2.24) is 5.01 Å². The number of benzene rings is 1. The summed E-state index contributed by atoms with van der Waals surface area (Å²) in [6, 6.07) is 4.65. The first-order chi connectivity index (χ1) is 8.49. The lowest BCUT2D eigenvalue weighted by Gasteiger charge is -2.17. The van der Waals surface area contributed by atoms with Crippen LogP contribution in [0.15, 0.2) is 28.3 Å². The Morgan fingerprint density at radius 3 is 2.72 bits per heavy atom. The van der Waals surface area contributed by atoms with E-state index in [1.165, 1.54) is 18.3 Å². The van der Waals surface area contributed by atoms with Gasteiger partial charge in [0.1, 0.15) is 11.5 Å². The average Bonchev–Trinajstić information content (AvgIpc) is 2.64. The van der Waals surface area contributed by atoms with Gasteiger partial charge in [-0.15, -0.1) is 0 Å².